The number of rotatable bonds is 2. The van der Waals surface area contributed by atoms with Crippen LogP contribution >= 0.6 is 15.9 Å². The van der Waals surface area contributed by atoms with Gasteiger partial charge in [-0.2, -0.15) is 13.2 Å². The van der Waals surface area contributed by atoms with E-state index in [0.29, 0.717) is 23.4 Å². The van der Waals surface area contributed by atoms with E-state index in [9.17, 15) is 18.0 Å². The highest BCUT2D eigenvalue weighted by Crippen LogP contribution is 2.30. The molecule has 1 aromatic rings. The molecule has 0 saturated carbocycles. The van der Waals surface area contributed by atoms with E-state index in [1.165, 1.54) is 12.1 Å². The lowest BCUT2D eigenvalue weighted by atomic mass is 10.0. The summed E-state index contributed by atoms with van der Waals surface area (Å²) >= 11 is 3.39. The van der Waals surface area contributed by atoms with Crippen LogP contribution in [0.25, 0.3) is 0 Å². The summed E-state index contributed by atoms with van der Waals surface area (Å²) < 4.78 is 37.5. The minimum atomic E-state index is -4.37. The Hall–Kier alpha value is -1.04. The Balaban J connectivity index is 2.18. The van der Waals surface area contributed by atoms with Crippen LogP contribution in [0.4, 0.5) is 13.2 Å². The lowest BCUT2D eigenvalue weighted by Crippen LogP contribution is -2.38. The zero-order valence-corrected chi connectivity index (χ0v) is 12.5. The van der Waals surface area contributed by atoms with Gasteiger partial charge < -0.3 is 4.90 Å². The molecule has 2 unspecified atom stereocenters. The maximum Gasteiger partial charge on any atom is 0.416 e. The molecule has 1 aliphatic rings. The monoisotopic (exact) mass is 349 g/mol. The number of benzene rings is 1. The second-order valence-corrected chi connectivity index (χ2v) is 5.71. The molecular formula is C14H15BrF3NO. The molecule has 20 heavy (non-hydrogen) atoms. The summed E-state index contributed by atoms with van der Waals surface area (Å²) in [5.74, 6) is 0.195. The topological polar surface area (TPSA) is 20.3 Å². The molecule has 2 nitrogen and oxygen atoms in total. The summed E-state index contributed by atoms with van der Waals surface area (Å²) in [5.41, 5.74) is -0.432. The Kier molecular flexibility index (Phi) is 4.42. The fourth-order valence-corrected chi connectivity index (χ4v) is 3.45. The lowest BCUT2D eigenvalue weighted by Gasteiger charge is -2.25. The van der Waals surface area contributed by atoms with E-state index in [2.05, 4.69) is 22.9 Å². The van der Waals surface area contributed by atoms with Crippen LogP contribution in [-0.2, 0) is 6.18 Å². The second-order valence-electron chi connectivity index (χ2n) is 5.06. The van der Waals surface area contributed by atoms with Gasteiger partial charge in [0.25, 0.3) is 5.91 Å². The van der Waals surface area contributed by atoms with E-state index < -0.39 is 11.7 Å². The molecule has 0 aromatic heterocycles. The Bertz CT molecular complexity index is 486. The maximum absolute atomic E-state index is 12.5. The van der Waals surface area contributed by atoms with Gasteiger partial charge in [0.05, 0.1) is 5.56 Å². The molecule has 0 N–H and O–H groups in total. The third-order valence-electron chi connectivity index (χ3n) is 3.76. The van der Waals surface area contributed by atoms with Crippen LogP contribution in [0.5, 0.6) is 0 Å². The second kappa shape index (κ2) is 5.76. The van der Waals surface area contributed by atoms with Gasteiger partial charge in [0.2, 0.25) is 0 Å². The SMILES string of the molecule is CC1CCN(C(=O)c2ccc(C(F)(F)F)cc2)C1CBr. The van der Waals surface area contributed by atoms with Crippen molar-refractivity contribution in [2.24, 2.45) is 5.92 Å². The zero-order chi connectivity index (χ0) is 14.9. The predicted molar refractivity (Wildman–Crippen MR) is 73.8 cm³/mol. The molecule has 0 radical (unpaired) electrons. The number of amides is 1. The van der Waals surface area contributed by atoms with Crippen LogP contribution in [0.15, 0.2) is 24.3 Å². The minimum absolute atomic E-state index is 0.102. The van der Waals surface area contributed by atoms with E-state index in [-0.39, 0.29) is 11.9 Å². The van der Waals surface area contributed by atoms with E-state index in [0.717, 1.165) is 18.6 Å². The number of hydrogen-bond acceptors (Lipinski definition) is 1. The van der Waals surface area contributed by atoms with Gasteiger partial charge in [-0.15, -0.1) is 0 Å². The summed E-state index contributed by atoms with van der Waals surface area (Å²) in [6, 6.07) is 4.51. The molecule has 1 heterocycles. The number of carbonyl (C=O) groups is 1. The first kappa shape index (κ1) is 15.4. The van der Waals surface area contributed by atoms with E-state index in [4.69, 9.17) is 0 Å². The van der Waals surface area contributed by atoms with Crippen LogP contribution in [0.2, 0.25) is 0 Å². The molecule has 2 atom stereocenters. The van der Waals surface area contributed by atoms with Gasteiger partial charge in [-0.3, -0.25) is 4.79 Å². The Morgan fingerprint density at radius 3 is 2.45 bits per heavy atom. The number of alkyl halides is 4. The van der Waals surface area contributed by atoms with Crippen molar-refractivity contribution in [2.45, 2.75) is 25.6 Å². The van der Waals surface area contributed by atoms with Crippen molar-refractivity contribution in [3.63, 3.8) is 0 Å². The summed E-state index contributed by atoms with van der Waals surface area (Å²) in [7, 11) is 0. The first-order chi connectivity index (χ1) is 9.34. The largest absolute Gasteiger partial charge is 0.416 e. The quantitative estimate of drug-likeness (QED) is 0.740. The number of hydrogen-bond donors (Lipinski definition) is 0. The third kappa shape index (κ3) is 3.00. The van der Waals surface area contributed by atoms with E-state index in [1.54, 1.807) is 4.90 Å². The van der Waals surface area contributed by atoms with E-state index in [1.807, 2.05) is 0 Å². The fourth-order valence-electron chi connectivity index (χ4n) is 2.46. The summed E-state index contributed by atoms with van der Waals surface area (Å²) in [6.45, 7) is 2.73. The maximum atomic E-state index is 12.5. The lowest BCUT2D eigenvalue weighted by molar-refractivity contribution is -0.137. The highest BCUT2D eigenvalue weighted by molar-refractivity contribution is 9.09. The van der Waals surface area contributed by atoms with Crippen LogP contribution in [-0.4, -0.2) is 28.7 Å². The van der Waals surface area contributed by atoms with Crippen LogP contribution in [0, 0.1) is 5.92 Å². The van der Waals surface area contributed by atoms with Crippen molar-refractivity contribution >= 4 is 21.8 Å². The molecule has 0 aliphatic carbocycles. The van der Waals surface area contributed by atoms with Crippen molar-refractivity contribution in [2.75, 3.05) is 11.9 Å². The summed E-state index contributed by atoms with van der Waals surface area (Å²) in [5, 5.41) is 0.681. The third-order valence-corrected chi connectivity index (χ3v) is 4.42. The Morgan fingerprint density at radius 1 is 1.35 bits per heavy atom. The molecule has 1 amide bonds. The van der Waals surface area contributed by atoms with Crippen molar-refractivity contribution in [3.05, 3.63) is 35.4 Å². The summed E-state index contributed by atoms with van der Waals surface area (Å²) in [6.07, 6.45) is -3.45. The average molecular weight is 350 g/mol. The molecule has 110 valence electrons. The normalized spacial score (nSPS) is 23.1. The Morgan fingerprint density at radius 2 is 1.95 bits per heavy atom. The van der Waals surface area contributed by atoms with E-state index >= 15 is 0 Å². The first-order valence-corrected chi connectivity index (χ1v) is 7.51. The zero-order valence-electron chi connectivity index (χ0n) is 11.0. The number of likely N-dealkylation sites (tertiary alicyclic amines) is 1. The number of nitrogens with zero attached hydrogens (tertiary/aromatic N) is 1. The molecule has 1 fully saturated rings. The van der Waals surface area contributed by atoms with Crippen molar-refractivity contribution in [3.8, 4) is 0 Å². The number of carbonyl (C=O) groups excluding carboxylic acids is 1. The predicted octanol–water partition coefficient (Wildman–Crippen LogP) is 3.95. The van der Waals surface area contributed by atoms with Gasteiger partial charge in [-0.1, -0.05) is 22.9 Å². The van der Waals surface area contributed by atoms with Crippen molar-refractivity contribution in [1.29, 1.82) is 0 Å². The van der Waals surface area contributed by atoms with Crippen molar-refractivity contribution < 1.29 is 18.0 Å². The highest BCUT2D eigenvalue weighted by Gasteiger charge is 2.34. The molecule has 6 heteroatoms. The molecular weight excluding hydrogens is 335 g/mol. The van der Waals surface area contributed by atoms with Gasteiger partial charge in [-0.25, -0.2) is 0 Å². The van der Waals surface area contributed by atoms with Gasteiger partial charge in [0.15, 0.2) is 0 Å². The van der Waals surface area contributed by atoms with Gasteiger partial charge in [0.1, 0.15) is 0 Å². The van der Waals surface area contributed by atoms with Crippen LogP contribution in [0.1, 0.15) is 29.3 Å². The summed E-state index contributed by atoms with van der Waals surface area (Å²) in [4.78, 5) is 14.1. The molecule has 1 aliphatic heterocycles. The molecule has 1 saturated heterocycles. The molecule has 0 bridgehead atoms. The van der Waals surface area contributed by atoms with Crippen LogP contribution in [0.3, 0.4) is 0 Å². The minimum Gasteiger partial charge on any atom is -0.335 e. The van der Waals surface area contributed by atoms with Gasteiger partial charge in [-0.05, 0) is 36.6 Å². The standard InChI is InChI=1S/C14H15BrF3NO/c1-9-6-7-19(12(9)8-15)13(20)10-2-4-11(5-3-10)14(16,17)18/h2-5,9,12H,6-8H2,1H3. The van der Waals surface area contributed by atoms with Gasteiger partial charge in [0, 0.05) is 23.5 Å². The average Bonchev–Trinajstić information content (AvgIpc) is 2.78. The molecule has 0 spiro atoms. The Labute approximate surface area is 124 Å². The highest BCUT2D eigenvalue weighted by atomic mass is 79.9. The van der Waals surface area contributed by atoms with Crippen molar-refractivity contribution in [1.82, 2.24) is 4.90 Å². The van der Waals surface area contributed by atoms with Crippen LogP contribution < -0.4 is 0 Å². The smallest absolute Gasteiger partial charge is 0.335 e. The molecule has 1 aromatic carbocycles. The first-order valence-electron chi connectivity index (χ1n) is 6.38. The molecule has 2 rings (SSSR count). The number of halogens is 4. The van der Waals surface area contributed by atoms with Gasteiger partial charge >= 0.3 is 6.18 Å². The fraction of sp³-hybridized carbons (Fsp3) is 0.500.